The average Bonchev–Trinajstić information content (AvgIpc) is 2.94. The molecule has 2 heterocycles. The number of aromatic nitrogens is 2. The van der Waals surface area contributed by atoms with E-state index in [9.17, 15) is 9.59 Å². The minimum absolute atomic E-state index is 0.124. The summed E-state index contributed by atoms with van der Waals surface area (Å²) in [4.78, 5) is 31.0. The predicted molar refractivity (Wildman–Crippen MR) is 83.4 cm³/mol. The van der Waals surface area contributed by atoms with E-state index in [4.69, 9.17) is 10.00 Å². The number of carbonyl (C=O) groups excluding carboxylic acids is 1. The van der Waals surface area contributed by atoms with Crippen molar-refractivity contribution in [3.05, 3.63) is 49.8 Å². The molecule has 0 spiro atoms. The number of hydrogen-bond donors (Lipinski definition) is 1. The normalized spacial score (nSPS) is 11.0. The van der Waals surface area contributed by atoms with E-state index in [-0.39, 0.29) is 12.2 Å². The van der Waals surface area contributed by atoms with Crippen molar-refractivity contribution in [2.24, 2.45) is 0 Å². The molecule has 7 heteroatoms. The third kappa shape index (κ3) is 3.48. The van der Waals surface area contributed by atoms with Crippen LogP contribution in [0, 0.1) is 11.3 Å². The van der Waals surface area contributed by atoms with Crippen LogP contribution in [0.3, 0.4) is 0 Å². The van der Waals surface area contributed by atoms with Crippen LogP contribution in [-0.2, 0) is 4.74 Å². The molecule has 0 amide bonds. The van der Waals surface area contributed by atoms with Crippen molar-refractivity contribution in [2.45, 2.75) is 13.8 Å². The fraction of sp³-hybridized carbons (Fsp3) is 0.200. The number of nitrogens with one attached hydrogen (secondary N) is 1. The maximum Gasteiger partial charge on any atom is 0.345 e. The van der Waals surface area contributed by atoms with Crippen molar-refractivity contribution in [2.75, 3.05) is 6.61 Å². The maximum atomic E-state index is 11.9. The van der Waals surface area contributed by atoms with Gasteiger partial charge in [0, 0.05) is 16.5 Å². The molecular formula is C15H13N3O3S. The minimum atomic E-state index is -0.693. The summed E-state index contributed by atoms with van der Waals surface area (Å²) in [6.07, 6.45) is 3.02. The Kier molecular flexibility index (Phi) is 4.86. The van der Waals surface area contributed by atoms with Crippen LogP contribution in [0.5, 0.6) is 0 Å². The van der Waals surface area contributed by atoms with Gasteiger partial charge in [0.25, 0.3) is 5.56 Å². The topological polar surface area (TPSA) is 95.8 Å². The second kappa shape index (κ2) is 6.83. The molecule has 0 saturated carbocycles. The van der Waals surface area contributed by atoms with Gasteiger partial charge in [0.1, 0.15) is 17.5 Å². The summed E-state index contributed by atoms with van der Waals surface area (Å²) in [5, 5.41) is 10.5. The summed E-state index contributed by atoms with van der Waals surface area (Å²) in [5.74, 6) is -0.327. The Morgan fingerprint density at radius 1 is 1.59 bits per heavy atom. The number of aromatic amines is 1. The van der Waals surface area contributed by atoms with Gasteiger partial charge in [-0.2, -0.15) is 5.26 Å². The first-order valence-electron chi connectivity index (χ1n) is 6.49. The zero-order chi connectivity index (χ0) is 16.1. The molecule has 0 aliphatic heterocycles. The molecule has 0 aliphatic rings. The quantitative estimate of drug-likeness (QED) is 0.874. The minimum Gasteiger partial charge on any atom is -0.462 e. The Hall–Kier alpha value is -2.72. The van der Waals surface area contributed by atoms with Gasteiger partial charge in [-0.3, -0.25) is 4.79 Å². The smallest absolute Gasteiger partial charge is 0.345 e. The molecule has 1 N–H and O–H groups in total. The number of nitrogens with zero attached hydrogens (tertiary/aromatic N) is 2. The lowest BCUT2D eigenvalue weighted by molar-refractivity contribution is 0.0523. The Balaban J connectivity index is 2.29. The zero-order valence-electron chi connectivity index (χ0n) is 12.0. The van der Waals surface area contributed by atoms with Crippen LogP contribution in [0.4, 0.5) is 0 Å². The lowest BCUT2D eigenvalue weighted by Gasteiger charge is -2.03. The fourth-order valence-corrected chi connectivity index (χ4v) is 2.54. The van der Waals surface area contributed by atoms with Crippen LogP contribution in [0.1, 0.15) is 40.5 Å². The summed E-state index contributed by atoms with van der Waals surface area (Å²) >= 11 is 1.42. The number of ether oxygens (including phenoxy) is 1. The summed E-state index contributed by atoms with van der Waals surface area (Å²) in [7, 11) is 0. The highest BCUT2D eigenvalue weighted by Gasteiger charge is 2.13. The lowest BCUT2D eigenvalue weighted by atomic mass is 10.2. The molecule has 0 radical (unpaired) electrons. The van der Waals surface area contributed by atoms with E-state index in [1.54, 1.807) is 25.3 Å². The van der Waals surface area contributed by atoms with Crippen LogP contribution in [-0.4, -0.2) is 22.5 Å². The lowest BCUT2D eigenvalue weighted by Crippen LogP contribution is -2.21. The second-order valence-electron chi connectivity index (χ2n) is 4.37. The number of esters is 1. The van der Waals surface area contributed by atoms with E-state index in [0.29, 0.717) is 11.4 Å². The number of rotatable bonds is 4. The van der Waals surface area contributed by atoms with Gasteiger partial charge < -0.3 is 9.72 Å². The van der Waals surface area contributed by atoms with E-state index >= 15 is 0 Å². The van der Waals surface area contributed by atoms with Crippen molar-refractivity contribution < 1.29 is 9.53 Å². The highest BCUT2D eigenvalue weighted by atomic mass is 32.1. The number of thiophene rings is 1. The first-order valence-corrected chi connectivity index (χ1v) is 7.37. The molecule has 2 rings (SSSR count). The maximum absolute atomic E-state index is 11.9. The highest BCUT2D eigenvalue weighted by molar-refractivity contribution is 7.11. The first-order chi connectivity index (χ1) is 10.5. The van der Waals surface area contributed by atoms with Crippen LogP contribution >= 0.6 is 11.3 Å². The molecule has 2 aromatic heterocycles. The average molecular weight is 315 g/mol. The Labute approximate surface area is 130 Å². The van der Waals surface area contributed by atoms with Crippen LogP contribution in [0.2, 0.25) is 0 Å². The standard InChI is InChI=1S/C15H13N3O3S/c1-3-21-15(20)12-7-17-13(18-14(12)19)9(2)4-11-5-10(6-16)8-22-11/h4-5,7-8H,3H2,1-2H3,(H,17,18,19)/b9-4+. The van der Waals surface area contributed by atoms with Gasteiger partial charge in [-0.15, -0.1) is 11.3 Å². The number of hydrogen-bond acceptors (Lipinski definition) is 6. The van der Waals surface area contributed by atoms with E-state index in [0.717, 1.165) is 10.5 Å². The van der Waals surface area contributed by atoms with Crippen molar-refractivity contribution in [3.63, 3.8) is 0 Å². The Morgan fingerprint density at radius 3 is 2.95 bits per heavy atom. The molecule has 22 heavy (non-hydrogen) atoms. The fourth-order valence-electron chi connectivity index (χ4n) is 1.72. The van der Waals surface area contributed by atoms with Crippen molar-refractivity contribution in [1.29, 1.82) is 5.26 Å². The van der Waals surface area contributed by atoms with Gasteiger partial charge in [0.15, 0.2) is 0 Å². The van der Waals surface area contributed by atoms with Crippen molar-refractivity contribution >= 4 is 29.0 Å². The molecule has 0 bridgehead atoms. The van der Waals surface area contributed by atoms with Gasteiger partial charge in [0.05, 0.1) is 12.2 Å². The van der Waals surface area contributed by atoms with Crippen molar-refractivity contribution in [3.8, 4) is 6.07 Å². The number of carbonyl (C=O) groups is 1. The highest BCUT2D eigenvalue weighted by Crippen LogP contribution is 2.20. The molecule has 0 fully saturated rings. The summed E-state index contributed by atoms with van der Waals surface area (Å²) in [5.41, 5.74) is 0.642. The molecule has 0 aliphatic carbocycles. The van der Waals surface area contributed by atoms with Gasteiger partial charge in [0.2, 0.25) is 0 Å². The second-order valence-corrected chi connectivity index (χ2v) is 5.31. The zero-order valence-corrected chi connectivity index (χ0v) is 12.9. The van der Waals surface area contributed by atoms with Gasteiger partial charge in [-0.25, -0.2) is 9.78 Å². The molecule has 0 aromatic carbocycles. The SMILES string of the molecule is CCOC(=O)c1cnc(/C(C)=C/c2cc(C#N)cs2)[nH]c1=O. The van der Waals surface area contributed by atoms with E-state index in [2.05, 4.69) is 16.0 Å². The third-order valence-electron chi connectivity index (χ3n) is 2.78. The monoisotopic (exact) mass is 315 g/mol. The largest absolute Gasteiger partial charge is 0.462 e. The number of nitriles is 1. The summed E-state index contributed by atoms with van der Waals surface area (Å²) in [6, 6.07) is 3.81. The molecule has 0 unspecified atom stereocenters. The Morgan fingerprint density at radius 2 is 2.36 bits per heavy atom. The first kappa shape index (κ1) is 15.7. The van der Waals surface area contributed by atoms with Crippen LogP contribution in [0.25, 0.3) is 11.6 Å². The molecule has 112 valence electrons. The summed E-state index contributed by atoms with van der Waals surface area (Å²) < 4.78 is 4.78. The predicted octanol–water partition coefficient (Wildman–Crippen LogP) is 2.44. The number of H-pyrrole nitrogens is 1. The Bertz CT molecular complexity index is 827. The number of allylic oxidation sites excluding steroid dienone is 1. The van der Waals surface area contributed by atoms with Gasteiger partial charge in [-0.1, -0.05) is 0 Å². The van der Waals surface area contributed by atoms with Crippen LogP contribution < -0.4 is 5.56 Å². The molecular weight excluding hydrogens is 302 g/mol. The van der Waals surface area contributed by atoms with E-state index < -0.39 is 11.5 Å². The molecule has 2 aromatic rings. The molecule has 0 saturated heterocycles. The molecule has 6 nitrogen and oxygen atoms in total. The van der Waals surface area contributed by atoms with Gasteiger partial charge >= 0.3 is 5.97 Å². The van der Waals surface area contributed by atoms with E-state index in [1.165, 1.54) is 17.5 Å². The summed E-state index contributed by atoms with van der Waals surface area (Å²) in [6.45, 7) is 3.64. The molecule has 0 atom stereocenters. The van der Waals surface area contributed by atoms with Crippen LogP contribution in [0.15, 0.2) is 22.4 Å². The van der Waals surface area contributed by atoms with E-state index in [1.807, 2.05) is 6.08 Å². The van der Waals surface area contributed by atoms with Gasteiger partial charge in [-0.05, 0) is 31.6 Å². The third-order valence-corrected chi connectivity index (χ3v) is 3.66. The van der Waals surface area contributed by atoms with Crippen molar-refractivity contribution in [1.82, 2.24) is 9.97 Å².